The Morgan fingerprint density at radius 1 is 1.13 bits per heavy atom. The number of ether oxygens (including phenoxy) is 2. The van der Waals surface area contributed by atoms with E-state index in [4.69, 9.17) is 9.47 Å². The summed E-state index contributed by atoms with van der Waals surface area (Å²) in [6, 6.07) is 11.1. The number of anilines is 1. The number of benzene rings is 1. The van der Waals surface area contributed by atoms with E-state index in [0.717, 1.165) is 33.6 Å². The standard InChI is InChI=1S/C23H23N5O3/c1-13-20(21-6-5-19-14(2)27-28-22(19)26-21)10-17(11-24-13)25-23(29)16-7-15(12-30-3)8-18(9-16)31-4/h5-11H,12H2,1-4H3,(H,25,29)(H,26,27,28). The minimum Gasteiger partial charge on any atom is -0.497 e. The van der Waals surface area contributed by atoms with Gasteiger partial charge >= 0.3 is 0 Å². The molecule has 3 aromatic heterocycles. The largest absolute Gasteiger partial charge is 0.497 e. The van der Waals surface area contributed by atoms with Crippen molar-refractivity contribution in [1.29, 1.82) is 0 Å². The van der Waals surface area contributed by atoms with Crippen molar-refractivity contribution in [2.75, 3.05) is 19.5 Å². The summed E-state index contributed by atoms with van der Waals surface area (Å²) in [7, 11) is 3.17. The Morgan fingerprint density at radius 3 is 2.74 bits per heavy atom. The zero-order valence-electron chi connectivity index (χ0n) is 17.8. The number of fused-ring (bicyclic) bond motifs is 1. The molecule has 4 rings (SSSR count). The van der Waals surface area contributed by atoms with Crippen LogP contribution >= 0.6 is 0 Å². The second kappa shape index (κ2) is 8.53. The fourth-order valence-electron chi connectivity index (χ4n) is 3.40. The fourth-order valence-corrected chi connectivity index (χ4v) is 3.40. The lowest BCUT2D eigenvalue weighted by Gasteiger charge is -2.11. The second-order valence-corrected chi connectivity index (χ2v) is 7.23. The van der Waals surface area contributed by atoms with Gasteiger partial charge in [-0.05, 0) is 55.8 Å². The maximum atomic E-state index is 12.9. The number of aromatic nitrogens is 4. The maximum Gasteiger partial charge on any atom is 0.255 e. The van der Waals surface area contributed by atoms with E-state index in [1.807, 2.05) is 38.1 Å². The fraction of sp³-hybridized carbons (Fsp3) is 0.217. The molecule has 8 heteroatoms. The molecule has 0 saturated heterocycles. The van der Waals surface area contributed by atoms with Crippen LogP contribution in [0, 0.1) is 13.8 Å². The number of rotatable bonds is 6. The van der Waals surface area contributed by atoms with Crippen molar-refractivity contribution in [3.63, 3.8) is 0 Å². The summed E-state index contributed by atoms with van der Waals surface area (Å²) in [6.07, 6.45) is 1.63. The van der Waals surface area contributed by atoms with Crippen molar-refractivity contribution in [3.8, 4) is 17.0 Å². The third-order valence-corrected chi connectivity index (χ3v) is 5.00. The monoisotopic (exact) mass is 417 g/mol. The van der Waals surface area contributed by atoms with Gasteiger partial charge in [-0.2, -0.15) is 5.10 Å². The van der Waals surface area contributed by atoms with Crippen LogP contribution in [0.25, 0.3) is 22.3 Å². The summed E-state index contributed by atoms with van der Waals surface area (Å²) in [5.74, 6) is 0.327. The van der Waals surface area contributed by atoms with Gasteiger partial charge in [0, 0.05) is 35.0 Å². The SMILES string of the molecule is COCc1cc(OC)cc(C(=O)Nc2cnc(C)c(-c3ccc4c(C)[nH]nc4n3)c2)c1. The van der Waals surface area contributed by atoms with E-state index < -0.39 is 0 Å². The lowest BCUT2D eigenvalue weighted by molar-refractivity contribution is 0.102. The summed E-state index contributed by atoms with van der Waals surface area (Å²) in [5.41, 5.74) is 5.88. The molecule has 0 aliphatic heterocycles. The number of carbonyl (C=O) groups excluding carboxylic acids is 1. The van der Waals surface area contributed by atoms with Crippen LogP contribution in [0.5, 0.6) is 5.75 Å². The first-order valence-electron chi connectivity index (χ1n) is 9.75. The number of hydrogen-bond acceptors (Lipinski definition) is 6. The van der Waals surface area contributed by atoms with Gasteiger partial charge in [0.15, 0.2) is 5.65 Å². The number of H-pyrrole nitrogens is 1. The Balaban J connectivity index is 1.64. The predicted octanol–water partition coefficient (Wildman–Crippen LogP) is 4.04. The third kappa shape index (κ3) is 4.24. The van der Waals surface area contributed by atoms with Crippen LogP contribution in [0.2, 0.25) is 0 Å². The first-order valence-corrected chi connectivity index (χ1v) is 9.75. The van der Waals surface area contributed by atoms with Crippen LogP contribution in [0.3, 0.4) is 0 Å². The Kier molecular flexibility index (Phi) is 5.64. The Bertz CT molecular complexity index is 1270. The molecule has 0 saturated carbocycles. The van der Waals surface area contributed by atoms with Crippen LogP contribution in [-0.4, -0.2) is 40.3 Å². The Morgan fingerprint density at radius 2 is 1.97 bits per heavy atom. The quantitative estimate of drug-likeness (QED) is 0.491. The number of aromatic amines is 1. The normalized spacial score (nSPS) is 11.0. The van der Waals surface area contributed by atoms with Crippen LogP contribution in [0.4, 0.5) is 5.69 Å². The number of carbonyl (C=O) groups is 1. The first-order chi connectivity index (χ1) is 15.0. The highest BCUT2D eigenvalue weighted by Gasteiger charge is 2.13. The number of aryl methyl sites for hydroxylation is 2. The van der Waals surface area contributed by atoms with E-state index in [2.05, 4.69) is 25.5 Å². The van der Waals surface area contributed by atoms with Crippen molar-refractivity contribution < 1.29 is 14.3 Å². The minimum absolute atomic E-state index is 0.265. The van der Waals surface area contributed by atoms with Crippen molar-refractivity contribution in [3.05, 3.63) is 65.1 Å². The Hall–Kier alpha value is -3.78. The summed E-state index contributed by atoms with van der Waals surface area (Å²) in [6.45, 7) is 4.24. The number of amides is 1. The predicted molar refractivity (Wildman–Crippen MR) is 118 cm³/mol. The van der Waals surface area contributed by atoms with E-state index >= 15 is 0 Å². The molecule has 0 aliphatic carbocycles. The smallest absolute Gasteiger partial charge is 0.255 e. The molecule has 0 bridgehead atoms. The van der Waals surface area contributed by atoms with Gasteiger partial charge in [0.05, 0.1) is 31.3 Å². The van der Waals surface area contributed by atoms with Gasteiger partial charge in [0.1, 0.15) is 5.75 Å². The molecule has 1 amide bonds. The molecule has 0 radical (unpaired) electrons. The maximum absolute atomic E-state index is 12.9. The molecule has 4 aromatic rings. The number of pyridine rings is 2. The molecule has 0 aliphatic rings. The molecular weight excluding hydrogens is 394 g/mol. The van der Waals surface area contributed by atoms with Gasteiger partial charge < -0.3 is 14.8 Å². The molecule has 8 nitrogen and oxygen atoms in total. The molecule has 158 valence electrons. The van der Waals surface area contributed by atoms with Crippen LogP contribution < -0.4 is 10.1 Å². The van der Waals surface area contributed by atoms with Gasteiger partial charge in [-0.15, -0.1) is 0 Å². The van der Waals surface area contributed by atoms with Crippen molar-refractivity contribution >= 4 is 22.6 Å². The van der Waals surface area contributed by atoms with Gasteiger partial charge in [0.2, 0.25) is 0 Å². The highest BCUT2D eigenvalue weighted by atomic mass is 16.5. The molecule has 0 unspecified atom stereocenters. The molecule has 0 fully saturated rings. The lowest BCUT2D eigenvalue weighted by atomic mass is 10.1. The van der Waals surface area contributed by atoms with Crippen molar-refractivity contribution in [1.82, 2.24) is 20.2 Å². The summed E-state index contributed by atoms with van der Waals surface area (Å²) in [5, 5.41) is 11.1. The molecular formula is C23H23N5O3. The van der Waals surface area contributed by atoms with E-state index in [1.165, 1.54) is 0 Å². The van der Waals surface area contributed by atoms with Crippen LogP contribution in [0.1, 0.15) is 27.3 Å². The summed E-state index contributed by atoms with van der Waals surface area (Å²) < 4.78 is 10.5. The van der Waals surface area contributed by atoms with E-state index in [0.29, 0.717) is 29.3 Å². The van der Waals surface area contributed by atoms with Crippen LogP contribution in [0.15, 0.2) is 42.6 Å². The Labute approximate surface area is 179 Å². The summed E-state index contributed by atoms with van der Waals surface area (Å²) >= 11 is 0. The molecule has 0 spiro atoms. The highest BCUT2D eigenvalue weighted by Crippen LogP contribution is 2.26. The van der Waals surface area contributed by atoms with E-state index in [-0.39, 0.29) is 5.91 Å². The summed E-state index contributed by atoms with van der Waals surface area (Å²) in [4.78, 5) is 22.0. The molecule has 0 atom stereocenters. The second-order valence-electron chi connectivity index (χ2n) is 7.23. The van der Waals surface area contributed by atoms with E-state index in [1.54, 1.807) is 32.5 Å². The zero-order valence-corrected chi connectivity index (χ0v) is 17.8. The van der Waals surface area contributed by atoms with Gasteiger partial charge in [-0.1, -0.05) is 0 Å². The molecule has 2 N–H and O–H groups in total. The third-order valence-electron chi connectivity index (χ3n) is 5.00. The molecule has 1 aromatic carbocycles. The zero-order chi connectivity index (χ0) is 22.0. The van der Waals surface area contributed by atoms with Gasteiger partial charge in [-0.25, -0.2) is 4.98 Å². The average Bonchev–Trinajstić information content (AvgIpc) is 3.15. The average molecular weight is 417 g/mol. The number of methoxy groups -OCH3 is 2. The van der Waals surface area contributed by atoms with Gasteiger partial charge in [-0.3, -0.25) is 14.9 Å². The van der Waals surface area contributed by atoms with Crippen molar-refractivity contribution in [2.45, 2.75) is 20.5 Å². The minimum atomic E-state index is -0.265. The first kappa shape index (κ1) is 20.5. The topological polar surface area (TPSA) is 102 Å². The van der Waals surface area contributed by atoms with Gasteiger partial charge in [0.25, 0.3) is 5.91 Å². The van der Waals surface area contributed by atoms with Crippen LogP contribution in [-0.2, 0) is 11.3 Å². The highest BCUT2D eigenvalue weighted by molar-refractivity contribution is 6.04. The number of nitrogens with zero attached hydrogens (tertiary/aromatic N) is 3. The van der Waals surface area contributed by atoms with Crippen molar-refractivity contribution in [2.24, 2.45) is 0 Å². The molecule has 31 heavy (non-hydrogen) atoms. The molecule has 3 heterocycles. The number of hydrogen-bond donors (Lipinski definition) is 2. The van der Waals surface area contributed by atoms with E-state index in [9.17, 15) is 4.79 Å². The number of nitrogens with one attached hydrogen (secondary N) is 2. The lowest BCUT2D eigenvalue weighted by Crippen LogP contribution is -2.13.